The summed E-state index contributed by atoms with van der Waals surface area (Å²) < 4.78 is 23.3. The molecule has 0 unspecified atom stereocenters. The third-order valence-electron chi connectivity index (χ3n) is 3.33. The third kappa shape index (κ3) is 3.43. The zero-order chi connectivity index (χ0) is 16.4. The van der Waals surface area contributed by atoms with Gasteiger partial charge in [-0.3, -0.25) is 4.79 Å². The summed E-state index contributed by atoms with van der Waals surface area (Å²) in [5.41, 5.74) is 1.59. The summed E-state index contributed by atoms with van der Waals surface area (Å²) in [5.74, 6) is -0.410. The number of thiophene rings is 1. The predicted octanol–water partition coefficient (Wildman–Crippen LogP) is 2.28. The Morgan fingerprint density at radius 3 is 2.74 bits per heavy atom. The number of hydrogen-bond donors (Lipinski definition) is 1. The van der Waals surface area contributed by atoms with Crippen molar-refractivity contribution < 1.29 is 18.0 Å². The second kappa shape index (κ2) is 6.13. The van der Waals surface area contributed by atoms with Gasteiger partial charge in [-0.05, 0) is 17.0 Å². The van der Waals surface area contributed by atoms with Gasteiger partial charge in [-0.15, -0.1) is 11.3 Å². The minimum Gasteiger partial charge on any atom is -0.382 e. The van der Waals surface area contributed by atoms with Crippen molar-refractivity contribution in [3.63, 3.8) is 0 Å². The number of oxime groups is 1. The van der Waals surface area contributed by atoms with Crippen molar-refractivity contribution in [1.82, 2.24) is 0 Å². The molecule has 1 aliphatic heterocycles. The van der Waals surface area contributed by atoms with E-state index in [2.05, 4.69) is 10.5 Å². The fraction of sp³-hybridized carbons (Fsp3) is 0.200. The van der Waals surface area contributed by atoms with Gasteiger partial charge in [0.05, 0.1) is 5.71 Å². The van der Waals surface area contributed by atoms with Crippen molar-refractivity contribution in [3.05, 3.63) is 47.3 Å². The van der Waals surface area contributed by atoms with Crippen molar-refractivity contribution >= 4 is 37.8 Å². The Balaban J connectivity index is 1.69. The molecule has 0 aliphatic carbocycles. The molecule has 3 rings (SSSR count). The quantitative estimate of drug-likeness (QED) is 0.917. The minimum atomic E-state index is -3.39. The summed E-state index contributed by atoms with van der Waals surface area (Å²) in [7, 11) is -3.39. The van der Waals surface area contributed by atoms with Gasteiger partial charge in [0.1, 0.15) is 9.90 Å². The fourth-order valence-corrected chi connectivity index (χ4v) is 4.26. The lowest BCUT2D eigenvalue weighted by atomic mass is 10.1. The monoisotopic (exact) mass is 350 g/mol. The van der Waals surface area contributed by atoms with Crippen LogP contribution in [0.5, 0.6) is 0 Å². The van der Waals surface area contributed by atoms with E-state index in [0.29, 0.717) is 17.1 Å². The van der Waals surface area contributed by atoms with Crippen LogP contribution in [0.2, 0.25) is 0 Å². The highest BCUT2D eigenvalue weighted by Crippen LogP contribution is 2.28. The number of rotatable bonds is 4. The molecule has 1 amide bonds. The number of carbonyl (C=O) groups excluding carboxylic acids is 1. The molecule has 2 aromatic rings. The summed E-state index contributed by atoms with van der Waals surface area (Å²) in [6.45, 7) is 0. The van der Waals surface area contributed by atoms with Crippen molar-refractivity contribution in [3.8, 4) is 0 Å². The number of sulfone groups is 1. The molecule has 1 aromatic carbocycles. The standard InChI is InChI=1S/C15H14N2O4S2/c1-23(19,20)13-7-8-22-15(13)16-14(18)12-9-11(17-21-12)10-5-3-2-4-6-10/h2-8,12H,9H2,1H3,(H,16,18)/t12-/m0/s1. The van der Waals surface area contributed by atoms with Gasteiger partial charge in [-0.1, -0.05) is 35.5 Å². The van der Waals surface area contributed by atoms with Gasteiger partial charge in [0.25, 0.3) is 5.91 Å². The molecule has 1 N–H and O–H groups in total. The van der Waals surface area contributed by atoms with Crippen LogP contribution in [0.3, 0.4) is 0 Å². The molecule has 23 heavy (non-hydrogen) atoms. The van der Waals surface area contributed by atoms with Crippen LogP contribution in [0.15, 0.2) is 51.8 Å². The molecule has 0 radical (unpaired) electrons. The lowest BCUT2D eigenvalue weighted by molar-refractivity contribution is -0.125. The highest BCUT2D eigenvalue weighted by molar-refractivity contribution is 7.91. The Morgan fingerprint density at radius 2 is 2.04 bits per heavy atom. The average Bonchev–Trinajstić information content (AvgIpc) is 3.16. The molecule has 6 nitrogen and oxygen atoms in total. The first-order valence-corrected chi connectivity index (χ1v) is 9.59. The summed E-state index contributed by atoms with van der Waals surface area (Å²) in [5, 5.41) is 8.48. The van der Waals surface area contributed by atoms with Crippen LogP contribution in [0.4, 0.5) is 5.00 Å². The SMILES string of the molecule is CS(=O)(=O)c1ccsc1NC(=O)[C@@H]1CC(c2ccccc2)=NO1. The predicted molar refractivity (Wildman–Crippen MR) is 88.5 cm³/mol. The van der Waals surface area contributed by atoms with Crippen LogP contribution >= 0.6 is 11.3 Å². The second-order valence-electron chi connectivity index (χ2n) is 5.08. The van der Waals surface area contributed by atoms with E-state index in [0.717, 1.165) is 23.2 Å². The molecular formula is C15H14N2O4S2. The molecule has 1 atom stereocenters. The average molecular weight is 350 g/mol. The van der Waals surface area contributed by atoms with Gasteiger partial charge >= 0.3 is 0 Å². The molecule has 0 saturated carbocycles. The maximum atomic E-state index is 12.3. The Hall–Kier alpha value is -2.19. The Labute approximate surface area is 137 Å². The van der Waals surface area contributed by atoms with Gasteiger partial charge in [0.2, 0.25) is 6.10 Å². The second-order valence-corrected chi connectivity index (χ2v) is 7.98. The lowest BCUT2D eigenvalue weighted by Gasteiger charge is -2.09. The third-order valence-corrected chi connectivity index (χ3v) is 5.43. The van der Waals surface area contributed by atoms with Gasteiger partial charge in [0.15, 0.2) is 9.84 Å². The molecular weight excluding hydrogens is 336 g/mol. The molecule has 0 saturated heterocycles. The van der Waals surface area contributed by atoms with Crippen molar-refractivity contribution in [2.45, 2.75) is 17.4 Å². The van der Waals surface area contributed by atoms with Crippen LogP contribution in [0, 0.1) is 0 Å². The normalized spacial score (nSPS) is 17.4. The largest absolute Gasteiger partial charge is 0.382 e. The number of hydrogen-bond acceptors (Lipinski definition) is 6. The molecule has 0 fully saturated rings. The van der Waals surface area contributed by atoms with E-state index in [1.165, 1.54) is 6.07 Å². The van der Waals surface area contributed by atoms with Crippen molar-refractivity contribution in [2.75, 3.05) is 11.6 Å². The molecule has 1 aliphatic rings. The zero-order valence-corrected chi connectivity index (χ0v) is 13.9. The number of carbonyl (C=O) groups is 1. The highest BCUT2D eigenvalue weighted by atomic mass is 32.2. The fourth-order valence-electron chi connectivity index (χ4n) is 2.19. The molecule has 8 heteroatoms. The molecule has 120 valence electrons. The topological polar surface area (TPSA) is 84.8 Å². The first-order valence-electron chi connectivity index (χ1n) is 6.81. The van der Waals surface area contributed by atoms with Gasteiger partial charge in [-0.25, -0.2) is 8.42 Å². The summed E-state index contributed by atoms with van der Waals surface area (Å²) in [6, 6.07) is 10.9. The minimum absolute atomic E-state index is 0.109. The molecule has 0 spiro atoms. The van der Waals surface area contributed by atoms with Gasteiger partial charge < -0.3 is 10.2 Å². The van der Waals surface area contributed by atoms with Crippen LogP contribution in [0.25, 0.3) is 0 Å². The lowest BCUT2D eigenvalue weighted by Crippen LogP contribution is -2.28. The zero-order valence-electron chi connectivity index (χ0n) is 12.2. The van der Waals surface area contributed by atoms with Gasteiger partial charge in [0, 0.05) is 12.7 Å². The van der Waals surface area contributed by atoms with E-state index in [1.807, 2.05) is 30.3 Å². The van der Waals surface area contributed by atoms with Crippen LogP contribution in [0.1, 0.15) is 12.0 Å². The maximum Gasteiger partial charge on any atom is 0.269 e. The maximum absolute atomic E-state index is 12.3. The first-order chi connectivity index (χ1) is 10.9. The highest BCUT2D eigenvalue weighted by Gasteiger charge is 2.30. The first kappa shape index (κ1) is 15.7. The van der Waals surface area contributed by atoms with Crippen LogP contribution in [-0.2, 0) is 19.5 Å². The van der Waals surface area contributed by atoms with E-state index in [9.17, 15) is 13.2 Å². The Morgan fingerprint density at radius 1 is 1.30 bits per heavy atom. The summed E-state index contributed by atoms with van der Waals surface area (Å²) >= 11 is 1.16. The molecule has 2 heterocycles. The number of amides is 1. The van der Waals surface area contributed by atoms with E-state index in [-0.39, 0.29) is 4.90 Å². The number of benzene rings is 1. The molecule has 0 bridgehead atoms. The van der Waals surface area contributed by atoms with Crippen LogP contribution in [-0.4, -0.2) is 32.4 Å². The Kier molecular flexibility index (Phi) is 4.18. The number of nitrogens with one attached hydrogen (secondary N) is 1. The van der Waals surface area contributed by atoms with E-state index in [4.69, 9.17) is 4.84 Å². The number of anilines is 1. The van der Waals surface area contributed by atoms with Crippen molar-refractivity contribution in [2.24, 2.45) is 5.16 Å². The van der Waals surface area contributed by atoms with Gasteiger partial charge in [-0.2, -0.15) is 0 Å². The van der Waals surface area contributed by atoms with Crippen LogP contribution < -0.4 is 5.32 Å². The van der Waals surface area contributed by atoms with E-state index in [1.54, 1.807) is 5.38 Å². The number of nitrogens with zero attached hydrogens (tertiary/aromatic N) is 1. The Bertz CT molecular complexity index is 857. The van der Waals surface area contributed by atoms with Crippen molar-refractivity contribution in [1.29, 1.82) is 0 Å². The van der Waals surface area contributed by atoms with E-state index >= 15 is 0 Å². The van der Waals surface area contributed by atoms with E-state index < -0.39 is 21.8 Å². The molecule has 1 aromatic heterocycles. The summed E-state index contributed by atoms with van der Waals surface area (Å²) in [6.07, 6.45) is 0.683. The summed E-state index contributed by atoms with van der Waals surface area (Å²) in [4.78, 5) is 17.6. The smallest absolute Gasteiger partial charge is 0.269 e.